The Hall–Kier alpha value is -3.24. The molecule has 2 fully saturated rings. The smallest absolute Gasteiger partial charge is 0.477 e. The van der Waals surface area contributed by atoms with Gasteiger partial charge in [0.25, 0.3) is 5.91 Å². The number of hydrogen-bond donors (Lipinski definition) is 3. The van der Waals surface area contributed by atoms with E-state index in [0.717, 1.165) is 32.4 Å². The summed E-state index contributed by atoms with van der Waals surface area (Å²) in [6.45, 7) is 5.61. The molecule has 10 heteroatoms. The van der Waals surface area contributed by atoms with E-state index in [-0.39, 0.29) is 16.9 Å². The van der Waals surface area contributed by atoms with Crippen molar-refractivity contribution in [2.45, 2.75) is 44.1 Å². The van der Waals surface area contributed by atoms with Crippen LogP contribution in [-0.4, -0.2) is 36.2 Å². The lowest BCUT2D eigenvalue weighted by Crippen LogP contribution is -2.50. The van der Waals surface area contributed by atoms with Crippen LogP contribution in [0, 0.1) is 5.41 Å². The van der Waals surface area contributed by atoms with Crippen LogP contribution >= 0.6 is 0 Å². The van der Waals surface area contributed by atoms with Gasteiger partial charge in [0.15, 0.2) is 5.60 Å². The number of piperidine rings is 1. The highest BCUT2D eigenvalue weighted by Gasteiger charge is 2.54. The predicted octanol–water partition coefficient (Wildman–Crippen LogP) is 4.81. The largest absolute Gasteiger partial charge is 0.573 e. The van der Waals surface area contributed by atoms with Crippen LogP contribution < -0.4 is 25.0 Å². The average Bonchev–Trinajstić information content (AvgIpc) is 3.18. The maximum absolute atomic E-state index is 12.6. The minimum absolute atomic E-state index is 0.0131. The molecule has 1 saturated carbocycles. The van der Waals surface area contributed by atoms with Crippen molar-refractivity contribution in [1.29, 1.82) is 0 Å². The first-order valence-electron chi connectivity index (χ1n) is 11.3. The number of amides is 1. The van der Waals surface area contributed by atoms with E-state index in [1.54, 1.807) is 29.7 Å². The van der Waals surface area contributed by atoms with Crippen LogP contribution in [0.3, 0.4) is 0 Å². The van der Waals surface area contributed by atoms with E-state index in [1.165, 1.54) is 24.3 Å². The Bertz CT molecular complexity index is 1050. The summed E-state index contributed by atoms with van der Waals surface area (Å²) in [6.07, 6.45) is -0.985. The fraction of sp³-hybridized carbons (Fsp3) is 0.400. The SMILES string of the molecule is C=C(Oc1ccc(OC2(C(=O)NO)CCC3(CCNCC3)C2)cc1)c1ccc(OC(F)(F)F)cc1. The van der Waals surface area contributed by atoms with Crippen molar-refractivity contribution in [3.63, 3.8) is 0 Å². The zero-order chi connectivity index (χ0) is 25.1. The van der Waals surface area contributed by atoms with Gasteiger partial charge in [-0.3, -0.25) is 10.0 Å². The zero-order valence-corrected chi connectivity index (χ0v) is 19.0. The van der Waals surface area contributed by atoms with Crippen molar-refractivity contribution in [1.82, 2.24) is 10.8 Å². The lowest BCUT2D eigenvalue weighted by atomic mass is 9.76. The molecular weight excluding hydrogens is 465 g/mol. The molecule has 1 spiro atoms. The molecule has 2 aromatic rings. The summed E-state index contributed by atoms with van der Waals surface area (Å²) in [7, 11) is 0. The highest BCUT2D eigenvalue weighted by Crippen LogP contribution is 2.51. The minimum atomic E-state index is -4.76. The van der Waals surface area contributed by atoms with Crippen molar-refractivity contribution in [2.24, 2.45) is 5.41 Å². The molecule has 1 atom stereocenters. The second-order valence-corrected chi connectivity index (χ2v) is 9.03. The molecule has 188 valence electrons. The van der Waals surface area contributed by atoms with Gasteiger partial charge in [-0.15, -0.1) is 13.2 Å². The average molecular weight is 492 g/mol. The highest BCUT2D eigenvalue weighted by molar-refractivity contribution is 5.85. The Morgan fingerprint density at radius 1 is 0.943 bits per heavy atom. The van der Waals surface area contributed by atoms with Crippen LogP contribution in [0.5, 0.6) is 17.2 Å². The summed E-state index contributed by atoms with van der Waals surface area (Å²) in [5.41, 5.74) is 1.12. The normalized spacial score (nSPS) is 21.4. The monoisotopic (exact) mass is 492 g/mol. The maximum atomic E-state index is 12.6. The van der Waals surface area contributed by atoms with Crippen LogP contribution in [0.4, 0.5) is 13.2 Å². The molecule has 1 amide bonds. The molecular formula is C25H27F3N2O5. The molecule has 35 heavy (non-hydrogen) atoms. The van der Waals surface area contributed by atoms with Gasteiger partial charge in [0, 0.05) is 12.0 Å². The number of benzene rings is 2. The summed E-state index contributed by atoms with van der Waals surface area (Å²) >= 11 is 0. The molecule has 0 aromatic heterocycles. The summed E-state index contributed by atoms with van der Waals surface area (Å²) in [5, 5.41) is 12.7. The van der Waals surface area contributed by atoms with Gasteiger partial charge in [0.05, 0.1) is 0 Å². The number of nitrogens with one attached hydrogen (secondary N) is 2. The van der Waals surface area contributed by atoms with Crippen molar-refractivity contribution >= 4 is 11.7 Å². The third-order valence-corrected chi connectivity index (χ3v) is 6.69. The number of ether oxygens (including phenoxy) is 3. The summed E-state index contributed by atoms with van der Waals surface area (Å²) in [4.78, 5) is 12.6. The second-order valence-electron chi connectivity index (χ2n) is 9.03. The molecule has 2 aromatic carbocycles. The third kappa shape index (κ3) is 5.88. The number of hydrogen-bond acceptors (Lipinski definition) is 6. The standard InChI is InChI=1S/C25H27F3N2O5/c1-17(18-2-4-21(5-3-18)35-25(26,27)28)33-19-6-8-20(9-7-19)34-24(22(31)30-32)11-10-23(16-24)12-14-29-15-13-23/h2-9,29,32H,1,10-16H2,(H,30,31). The Morgan fingerprint density at radius 3 is 2.14 bits per heavy atom. The highest BCUT2D eigenvalue weighted by atomic mass is 19.4. The zero-order valence-electron chi connectivity index (χ0n) is 19.0. The second kappa shape index (κ2) is 9.79. The first-order valence-corrected chi connectivity index (χ1v) is 11.3. The van der Waals surface area contributed by atoms with E-state index in [1.807, 2.05) is 0 Å². The van der Waals surface area contributed by atoms with Crippen LogP contribution in [0.2, 0.25) is 0 Å². The van der Waals surface area contributed by atoms with Gasteiger partial charge in [-0.1, -0.05) is 6.58 Å². The van der Waals surface area contributed by atoms with Crippen LogP contribution in [0.15, 0.2) is 55.1 Å². The summed E-state index contributed by atoms with van der Waals surface area (Å²) in [6, 6.07) is 11.8. The molecule has 0 bridgehead atoms. The molecule has 1 unspecified atom stereocenters. The lowest BCUT2D eigenvalue weighted by molar-refractivity contribution is -0.274. The van der Waals surface area contributed by atoms with Crippen LogP contribution in [-0.2, 0) is 4.79 Å². The maximum Gasteiger partial charge on any atom is 0.573 e. The van der Waals surface area contributed by atoms with Gasteiger partial charge in [0.1, 0.15) is 23.0 Å². The minimum Gasteiger partial charge on any atom is -0.477 e. The van der Waals surface area contributed by atoms with E-state index >= 15 is 0 Å². The number of alkyl halides is 3. The van der Waals surface area contributed by atoms with E-state index < -0.39 is 17.9 Å². The number of halogens is 3. The van der Waals surface area contributed by atoms with Crippen molar-refractivity contribution in [2.75, 3.05) is 13.1 Å². The van der Waals surface area contributed by atoms with Gasteiger partial charge >= 0.3 is 6.36 Å². The number of carbonyl (C=O) groups excluding carboxylic acids is 1. The first kappa shape index (κ1) is 24.9. The molecule has 1 saturated heterocycles. The topological polar surface area (TPSA) is 89.1 Å². The van der Waals surface area contributed by atoms with Gasteiger partial charge < -0.3 is 19.5 Å². The number of hydroxylamine groups is 1. The Labute approximate surface area is 200 Å². The molecule has 1 aliphatic heterocycles. The Balaban J connectivity index is 1.40. The molecule has 2 aliphatic rings. The van der Waals surface area contributed by atoms with Crippen molar-refractivity contribution in [3.05, 3.63) is 60.7 Å². The molecule has 0 radical (unpaired) electrons. The van der Waals surface area contributed by atoms with Gasteiger partial charge in [-0.2, -0.15) is 0 Å². The van der Waals surface area contributed by atoms with Crippen LogP contribution in [0.25, 0.3) is 5.76 Å². The van der Waals surface area contributed by atoms with Gasteiger partial charge in [0.2, 0.25) is 0 Å². The fourth-order valence-corrected chi connectivity index (χ4v) is 4.91. The molecule has 1 heterocycles. The third-order valence-electron chi connectivity index (χ3n) is 6.69. The summed E-state index contributed by atoms with van der Waals surface area (Å²) < 4.78 is 52.7. The lowest BCUT2D eigenvalue weighted by Gasteiger charge is -2.36. The number of rotatable bonds is 7. The Kier molecular flexibility index (Phi) is 6.95. The van der Waals surface area contributed by atoms with E-state index in [9.17, 15) is 23.2 Å². The van der Waals surface area contributed by atoms with Crippen molar-refractivity contribution in [3.8, 4) is 17.2 Å². The quantitative estimate of drug-likeness (QED) is 0.292. The number of carbonyl (C=O) groups is 1. The molecule has 4 rings (SSSR count). The molecule has 3 N–H and O–H groups in total. The first-order chi connectivity index (χ1) is 16.6. The molecule has 1 aliphatic carbocycles. The fourth-order valence-electron chi connectivity index (χ4n) is 4.91. The molecule has 7 nitrogen and oxygen atoms in total. The Morgan fingerprint density at radius 2 is 1.54 bits per heavy atom. The van der Waals surface area contributed by atoms with E-state index in [2.05, 4.69) is 16.6 Å². The summed E-state index contributed by atoms with van der Waals surface area (Å²) in [5.74, 6) is 0.220. The van der Waals surface area contributed by atoms with Gasteiger partial charge in [-0.05, 0) is 92.7 Å². The van der Waals surface area contributed by atoms with Crippen molar-refractivity contribution < 1.29 is 37.4 Å². The van der Waals surface area contributed by atoms with Gasteiger partial charge in [-0.25, -0.2) is 5.48 Å². The van der Waals surface area contributed by atoms with E-state index in [4.69, 9.17) is 9.47 Å². The van der Waals surface area contributed by atoms with Crippen LogP contribution in [0.1, 0.15) is 37.7 Å². The van der Waals surface area contributed by atoms with E-state index in [0.29, 0.717) is 29.9 Å². The predicted molar refractivity (Wildman–Crippen MR) is 121 cm³/mol.